The van der Waals surface area contributed by atoms with Crippen LogP contribution in [0.15, 0.2) is 18.5 Å². The largest absolute Gasteiger partial charge is 0.465 e. The number of Topliss-reactive ketones (excluding diaryl/α,β-unsaturated/α-hetero) is 1. The van der Waals surface area contributed by atoms with Gasteiger partial charge in [0.15, 0.2) is 5.78 Å². The highest BCUT2D eigenvalue weighted by atomic mass is 16.5. The molecule has 0 N–H and O–H groups in total. The first kappa shape index (κ1) is 14.7. The van der Waals surface area contributed by atoms with E-state index in [1.807, 2.05) is 13.0 Å². The number of nitrogens with zero attached hydrogens (tertiary/aromatic N) is 1. The fourth-order valence-electron chi connectivity index (χ4n) is 2.49. The van der Waals surface area contributed by atoms with Crippen LogP contribution in [0.4, 0.5) is 0 Å². The number of aromatic nitrogens is 1. The Kier molecular flexibility index (Phi) is 4.88. The lowest BCUT2D eigenvalue weighted by atomic mass is 9.76. The number of hydrogen-bond donors (Lipinski definition) is 0. The zero-order valence-electron chi connectivity index (χ0n) is 12.1. The summed E-state index contributed by atoms with van der Waals surface area (Å²) in [7, 11) is 0. The monoisotopic (exact) mass is 275 g/mol. The standard InChI is InChI=1S/C16H21NO3/c1-3-20-16(19)14(15(18)13-5-4-6-13)8-12-7-11(2)9-17-10-12/h7,9-10,13-14H,3-6,8H2,1-2H3. The number of pyridine rings is 1. The van der Waals surface area contributed by atoms with Crippen molar-refractivity contribution in [2.75, 3.05) is 6.61 Å². The van der Waals surface area contributed by atoms with Gasteiger partial charge in [0.05, 0.1) is 6.61 Å². The quantitative estimate of drug-likeness (QED) is 0.591. The minimum Gasteiger partial charge on any atom is -0.465 e. The summed E-state index contributed by atoms with van der Waals surface area (Å²) >= 11 is 0. The van der Waals surface area contributed by atoms with Crippen molar-refractivity contribution in [2.45, 2.75) is 39.5 Å². The molecule has 0 bridgehead atoms. The zero-order valence-corrected chi connectivity index (χ0v) is 12.1. The van der Waals surface area contributed by atoms with Gasteiger partial charge in [-0.3, -0.25) is 14.6 Å². The molecule has 0 amide bonds. The molecule has 4 nitrogen and oxygen atoms in total. The molecule has 0 spiro atoms. The molecule has 0 saturated heterocycles. The van der Waals surface area contributed by atoms with E-state index in [4.69, 9.17) is 4.74 Å². The first-order valence-electron chi connectivity index (χ1n) is 7.22. The molecule has 0 radical (unpaired) electrons. The Hall–Kier alpha value is -1.71. The molecule has 1 aromatic heterocycles. The van der Waals surface area contributed by atoms with Gasteiger partial charge in [-0.2, -0.15) is 0 Å². The topological polar surface area (TPSA) is 56.3 Å². The second-order valence-electron chi connectivity index (χ2n) is 5.41. The van der Waals surface area contributed by atoms with Crippen molar-refractivity contribution in [2.24, 2.45) is 11.8 Å². The fraction of sp³-hybridized carbons (Fsp3) is 0.562. The molecule has 1 heterocycles. The maximum Gasteiger partial charge on any atom is 0.316 e. The van der Waals surface area contributed by atoms with Gasteiger partial charge in [0.2, 0.25) is 0 Å². The Labute approximate surface area is 119 Å². The van der Waals surface area contributed by atoms with E-state index >= 15 is 0 Å². The molecule has 1 aliphatic rings. The van der Waals surface area contributed by atoms with Gasteiger partial charge in [0, 0.05) is 18.3 Å². The summed E-state index contributed by atoms with van der Waals surface area (Å²) in [6.45, 7) is 4.01. The Morgan fingerprint density at radius 3 is 2.70 bits per heavy atom. The minimum atomic E-state index is -0.677. The minimum absolute atomic E-state index is 0.0382. The van der Waals surface area contributed by atoms with Gasteiger partial charge in [0.25, 0.3) is 0 Å². The van der Waals surface area contributed by atoms with Gasteiger partial charge >= 0.3 is 5.97 Å². The number of esters is 1. The molecule has 108 valence electrons. The molecule has 1 aromatic rings. The third-order valence-electron chi connectivity index (χ3n) is 3.79. The Morgan fingerprint density at radius 1 is 1.40 bits per heavy atom. The summed E-state index contributed by atoms with van der Waals surface area (Å²) < 4.78 is 5.07. The number of hydrogen-bond acceptors (Lipinski definition) is 4. The lowest BCUT2D eigenvalue weighted by molar-refractivity contribution is -0.153. The number of rotatable bonds is 6. The molecule has 20 heavy (non-hydrogen) atoms. The first-order chi connectivity index (χ1) is 9.61. The van der Waals surface area contributed by atoms with Crippen LogP contribution in [-0.2, 0) is 20.7 Å². The second-order valence-corrected chi connectivity index (χ2v) is 5.41. The summed E-state index contributed by atoms with van der Waals surface area (Å²) in [6.07, 6.45) is 6.76. The molecular weight excluding hydrogens is 254 g/mol. The summed E-state index contributed by atoms with van der Waals surface area (Å²) in [4.78, 5) is 28.6. The number of ketones is 1. The molecule has 1 aliphatic carbocycles. The van der Waals surface area contributed by atoms with Crippen molar-refractivity contribution < 1.29 is 14.3 Å². The lowest BCUT2D eigenvalue weighted by Crippen LogP contribution is -2.35. The number of carbonyl (C=O) groups excluding carboxylic acids is 2. The first-order valence-corrected chi connectivity index (χ1v) is 7.22. The molecule has 2 rings (SSSR count). The summed E-state index contributed by atoms with van der Waals surface area (Å²) in [5.41, 5.74) is 1.94. The summed E-state index contributed by atoms with van der Waals surface area (Å²) in [5, 5.41) is 0. The molecular formula is C16H21NO3. The van der Waals surface area contributed by atoms with E-state index in [2.05, 4.69) is 4.98 Å². The van der Waals surface area contributed by atoms with Gasteiger partial charge < -0.3 is 4.74 Å². The Morgan fingerprint density at radius 2 is 2.15 bits per heavy atom. The van der Waals surface area contributed by atoms with Gasteiger partial charge in [-0.15, -0.1) is 0 Å². The molecule has 0 aliphatic heterocycles. The van der Waals surface area contributed by atoms with E-state index in [-0.39, 0.29) is 11.7 Å². The number of ether oxygens (including phenoxy) is 1. The zero-order chi connectivity index (χ0) is 14.5. The average Bonchev–Trinajstić information content (AvgIpc) is 2.34. The van der Waals surface area contributed by atoms with E-state index in [0.717, 1.165) is 30.4 Å². The van der Waals surface area contributed by atoms with Crippen molar-refractivity contribution in [1.82, 2.24) is 4.98 Å². The van der Waals surface area contributed by atoms with Crippen LogP contribution >= 0.6 is 0 Å². The van der Waals surface area contributed by atoms with Crippen molar-refractivity contribution >= 4 is 11.8 Å². The van der Waals surface area contributed by atoms with Crippen LogP contribution in [0.2, 0.25) is 0 Å². The van der Waals surface area contributed by atoms with Crippen LogP contribution in [-0.4, -0.2) is 23.3 Å². The van der Waals surface area contributed by atoms with E-state index < -0.39 is 11.9 Å². The van der Waals surface area contributed by atoms with Crippen molar-refractivity contribution in [3.63, 3.8) is 0 Å². The van der Waals surface area contributed by atoms with E-state index in [9.17, 15) is 9.59 Å². The van der Waals surface area contributed by atoms with Gasteiger partial charge in [-0.05, 0) is 44.2 Å². The molecule has 1 fully saturated rings. The highest BCUT2D eigenvalue weighted by Crippen LogP contribution is 2.31. The molecule has 1 saturated carbocycles. The lowest BCUT2D eigenvalue weighted by Gasteiger charge is -2.27. The summed E-state index contributed by atoms with van der Waals surface area (Å²) in [6, 6.07) is 1.97. The molecule has 4 heteroatoms. The second kappa shape index (κ2) is 6.64. The average molecular weight is 275 g/mol. The third-order valence-corrected chi connectivity index (χ3v) is 3.79. The van der Waals surface area contributed by atoms with Gasteiger partial charge in [0.1, 0.15) is 5.92 Å². The SMILES string of the molecule is CCOC(=O)C(Cc1cncc(C)c1)C(=O)C1CCC1. The van der Waals surface area contributed by atoms with Crippen LogP contribution in [0.1, 0.15) is 37.3 Å². The van der Waals surface area contributed by atoms with Crippen LogP contribution in [0.3, 0.4) is 0 Å². The summed E-state index contributed by atoms with van der Waals surface area (Å²) in [5.74, 6) is -0.992. The molecule has 0 aromatic carbocycles. The smallest absolute Gasteiger partial charge is 0.316 e. The highest BCUT2D eigenvalue weighted by Gasteiger charge is 2.36. The maximum atomic E-state index is 12.4. The number of carbonyl (C=O) groups is 2. The normalized spacial score (nSPS) is 16.3. The fourth-order valence-corrected chi connectivity index (χ4v) is 2.49. The maximum absolute atomic E-state index is 12.4. The Balaban J connectivity index is 2.13. The van der Waals surface area contributed by atoms with Crippen LogP contribution < -0.4 is 0 Å². The Bertz CT molecular complexity index is 494. The predicted molar refractivity (Wildman–Crippen MR) is 75.1 cm³/mol. The van der Waals surface area contributed by atoms with Crippen LogP contribution in [0.25, 0.3) is 0 Å². The van der Waals surface area contributed by atoms with E-state index in [1.165, 1.54) is 0 Å². The predicted octanol–water partition coefficient (Wildman–Crippen LogP) is 2.48. The van der Waals surface area contributed by atoms with E-state index in [1.54, 1.807) is 19.3 Å². The van der Waals surface area contributed by atoms with E-state index in [0.29, 0.717) is 13.0 Å². The van der Waals surface area contributed by atoms with Crippen LogP contribution in [0.5, 0.6) is 0 Å². The third kappa shape index (κ3) is 3.44. The molecule has 1 unspecified atom stereocenters. The highest BCUT2D eigenvalue weighted by molar-refractivity contribution is 6.00. The number of aryl methyl sites for hydroxylation is 1. The van der Waals surface area contributed by atoms with Crippen molar-refractivity contribution in [1.29, 1.82) is 0 Å². The van der Waals surface area contributed by atoms with Crippen molar-refractivity contribution in [3.05, 3.63) is 29.6 Å². The van der Waals surface area contributed by atoms with Crippen molar-refractivity contribution in [3.8, 4) is 0 Å². The molecule has 1 atom stereocenters. The van der Waals surface area contributed by atoms with Gasteiger partial charge in [-0.1, -0.05) is 12.5 Å². The van der Waals surface area contributed by atoms with Crippen LogP contribution in [0, 0.1) is 18.8 Å². The van der Waals surface area contributed by atoms with Gasteiger partial charge in [-0.25, -0.2) is 0 Å².